The summed E-state index contributed by atoms with van der Waals surface area (Å²) in [5, 5.41) is 7.09. The molecular formula is C22H22F3N3O. The second kappa shape index (κ2) is 7.73. The summed E-state index contributed by atoms with van der Waals surface area (Å²) in [7, 11) is 0. The number of alkyl halides is 3. The molecule has 0 spiro atoms. The largest absolute Gasteiger partial charge is 0.416 e. The number of nitrogens with one attached hydrogen (secondary N) is 1. The van der Waals surface area contributed by atoms with E-state index in [9.17, 15) is 18.0 Å². The van der Waals surface area contributed by atoms with Crippen LogP contribution in [0.1, 0.15) is 52.5 Å². The fourth-order valence-corrected chi connectivity index (χ4v) is 3.23. The van der Waals surface area contributed by atoms with Gasteiger partial charge in [-0.2, -0.15) is 18.3 Å². The van der Waals surface area contributed by atoms with Gasteiger partial charge in [0.25, 0.3) is 5.91 Å². The molecule has 3 aromatic rings. The second-order valence-corrected chi connectivity index (χ2v) is 7.25. The number of aromatic nitrogens is 2. The molecule has 1 amide bonds. The van der Waals surface area contributed by atoms with Crippen LogP contribution in [0.3, 0.4) is 0 Å². The zero-order chi connectivity index (χ0) is 21.3. The molecule has 0 bridgehead atoms. The quantitative estimate of drug-likeness (QED) is 0.593. The molecule has 0 aliphatic rings. The lowest BCUT2D eigenvalue weighted by Gasteiger charge is -2.16. The Kier molecular flexibility index (Phi) is 5.50. The molecule has 2 aromatic carbocycles. The van der Waals surface area contributed by atoms with Gasteiger partial charge in [-0.25, -0.2) is 4.68 Å². The van der Waals surface area contributed by atoms with Gasteiger partial charge in [0.1, 0.15) is 0 Å². The van der Waals surface area contributed by atoms with Crippen molar-refractivity contribution in [2.45, 2.75) is 39.8 Å². The molecule has 29 heavy (non-hydrogen) atoms. The maximum absolute atomic E-state index is 13.0. The van der Waals surface area contributed by atoms with Gasteiger partial charge >= 0.3 is 6.18 Å². The van der Waals surface area contributed by atoms with Crippen LogP contribution in [0.4, 0.5) is 18.9 Å². The summed E-state index contributed by atoms with van der Waals surface area (Å²) in [6.45, 7) is 7.66. The Balaban J connectivity index is 1.94. The number of para-hydroxylation sites is 1. The number of hydrogen-bond acceptors (Lipinski definition) is 2. The summed E-state index contributed by atoms with van der Waals surface area (Å²) < 4.78 is 40.4. The number of benzene rings is 2. The van der Waals surface area contributed by atoms with Gasteiger partial charge in [0.05, 0.1) is 28.7 Å². The number of rotatable bonds is 4. The number of carbonyl (C=O) groups is 1. The zero-order valence-electron chi connectivity index (χ0n) is 16.6. The molecule has 4 nitrogen and oxygen atoms in total. The smallest absolute Gasteiger partial charge is 0.321 e. The average Bonchev–Trinajstić information content (AvgIpc) is 3.04. The minimum Gasteiger partial charge on any atom is -0.321 e. The number of anilines is 1. The molecule has 152 valence electrons. The van der Waals surface area contributed by atoms with Crippen molar-refractivity contribution in [3.63, 3.8) is 0 Å². The third-order valence-corrected chi connectivity index (χ3v) is 4.84. The van der Waals surface area contributed by atoms with E-state index in [1.807, 2.05) is 39.0 Å². The van der Waals surface area contributed by atoms with Crippen LogP contribution in [0.2, 0.25) is 0 Å². The van der Waals surface area contributed by atoms with Gasteiger partial charge < -0.3 is 5.32 Å². The van der Waals surface area contributed by atoms with Gasteiger partial charge in [-0.1, -0.05) is 38.1 Å². The first-order chi connectivity index (χ1) is 13.6. The highest BCUT2D eigenvalue weighted by atomic mass is 19.4. The lowest BCUT2D eigenvalue weighted by molar-refractivity contribution is -0.137. The van der Waals surface area contributed by atoms with Crippen LogP contribution < -0.4 is 5.32 Å². The van der Waals surface area contributed by atoms with Crippen molar-refractivity contribution >= 4 is 11.6 Å². The van der Waals surface area contributed by atoms with Crippen molar-refractivity contribution in [3.05, 3.63) is 76.6 Å². The molecule has 0 aliphatic carbocycles. The molecule has 0 saturated heterocycles. The van der Waals surface area contributed by atoms with Gasteiger partial charge in [-0.05, 0) is 49.1 Å². The van der Waals surface area contributed by atoms with E-state index in [2.05, 4.69) is 10.4 Å². The van der Waals surface area contributed by atoms with Crippen LogP contribution >= 0.6 is 0 Å². The average molecular weight is 401 g/mol. The molecular weight excluding hydrogens is 379 g/mol. The number of halogens is 3. The summed E-state index contributed by atoms with van der Waals surface area (Å²) in [5.74, 6) is -0.129. The number of carbonyl (C=O) groups excluding carboxylic acids is 1. The summed E-state index contributed by atoms with van der Waals surface area (Å²) in [4.78, 5) is 12.9. The Hall–Kier alpha value is -3.09. The summed E-state index contributed by atoms with van der Waals surface area (Å²) in [6.07, 6.45) is -3.08. The van der Waals surface area contributed by atoms with E-state index in [1.54, 1.807) is 6.92 Å². The van der Waals surface area contributed by atoms with Crippen LogP contribution in [-0.4, -0.2) is 15.7 Å². The molecule has 1 heterocycles. The summed E-state index contributed by atoms with van der Waals surface area (Å²) in [6, 6.07) is 10.7. The number of amides is 1. The van der Waals surface area contributed by atoms with Crippen molar-refractivity contribution in [2.75, 3.05) is 5.32 Å². The van der Waals surface area contributed by atoms with E-state index in [-0.39, 0.29) is 17.5 Å². The number of nitrogens with zero attached hydrogens (tertiary/aromatic N) is 2. The first-order valence-corrected chi connectivity index (χ1v) is 9.22. The topological polar surface area (TPSA) is 46.9 Å². The van der Waals surface area contributed by atoms with Crippen molar-refractivity contribution in [2.24, 2.45) is 0 Å². The molecule has 1 N–H and O–H groups in total. The van der Waals surface area contributed by atoms with Gasteiger partial charge in [-0.15, -0.1) is 0 Å². The van der Waals surface area contributed by atoms with E-state index in [4.69, 9.17) is 0 Å². The van der Waals surface area contributed by atoms with Crippen LogP contribution in [0.25, 0.3) is 5.69 Å². The fourth-order valence-electron chi connectivity index (χ4n) is 3.23. The van der Waals surface area contributed by atoms with Crippen molar-refractivity contribution in [3.8, 4) is 5.69 Å². The highest BCUT2D eigenvalue weighted by Crippen LogP contribution is 2.31. The Bertz CT molecular complexity index is 1050. The molecule has 3 rings (SSSR count). The van der Waals surface area contributed by atoms with Crippen LogP contribution in [0.15, 0.2) is 48.7 Å². The van der Waals surface area contributed by atoms with Gasteiger partial charge in [0.15, 0.2) is 0 Å². The van der Waals surface area contributed by atoms with E-state index in [0.717, 1.165) is 28.9 Å². The van der Waals surface area contributed by atoms with Crippen LogP contribution in [0.5, 0.6) is 0 Å². The van der Waals surface area contributed by atoms with Crippen molar-refractivity contribution in [1.82, 2.24) is 9.78 Å². The van der Waals surface area contributed by atoms with E-state index in [0.29, 0.717) is 11.3 Å². The molecule has 0 radical (unpaired) electrons. The van der Waals surface area contributed by atoms with E-state index >= 15 is 0 Å². The maximum Gasteiger partial charge on any atom is 0.416 e. The lowest BCUT2D eigenvalue weighted by atomic mass is 9.98. The Morgan fingerprint density at radius 3 is 2.45 bits per heavy atom. The predicted molar refractivity (Wildman–Crippen MR) is 107 cm³/mol. The first-order valence-electron chi connectivity index (χ1n) is 9.22. The molecule has 0 unspecified atom stereocenters. The third kappa shape index (κ3) is 4.18. The Morgan fingerprint density at radius 1 is 1.10 bits per heavy atom. The molecule has 0 aliphatic heterocycles. The number of aryl methyl sites for hydroxylation is 1. The van der Waals surface area contributed by atoms with Gasteiger partial charge in [-0.3, -0.25) is 4.79 Å². The minimum atomic E-state index is -4.45. The first kappa shape index (κ1) is 20.6. The summed E-state index contributed by atoms with van der Waals surface area (Å²) >= 11 is 0. The normalized spacial score (nSPS) is 11.7. The molecule has 0 fully saturated rings. The fraction of sp³-hybridized carbons (Fsp3) is 0.273. The van der Waals surface area contributed by atoms with Gasteiger partial charge in [0, 0.05) is 5.69 Å². The monoisotopic (exact) mass is 401 g/mol. The van der Waals surface area contributed by atoms with Crippen LogP contribution in [0, 0.1) is 13.8 Å². The predicted octanol–water partition coefficient (Wildman–Crippen LogP) is 5.88. The SMILES string of the molecule is Cc1cccc(C(C)C)c1NC(=O)c1cnn(-c2cccc(C(F)(F)F)c2)c1C. The van der Waals surface area contributed by atoms with Crippen molar-refractivity contribution < 1.29 is 18.0 Å². The van der Waals surface area contributed by atoms with Crippen molar-refractivity contribution in [1.29, 1.82) is 0 Å². The van der Waals surface area contributed by atoms with E-state index < -0.39 is 11.7 Å². The molecule has 0 atom stereocenters. The molecule has 1 aromatic heterocycles. The molecule has 0 saturated carbocycles. The Morgan fingerprint density at radius 2 is 1.79 bits per heavy atom. The standard InChI is InChI=1S/C22H22F3N3O/c1-13(2)18-10-5-7-14(3)20(18)27-21(29)19-12-26-28(15(19)4)17-9-6-8-16(11-17)22(23,24)25/h5-13H,1-4H3,(H,27,29). The second-order valence-electron chi connectivity index (χ2n) is 7.25. The maximum atomic E-state index is 13.0. The zero-order valence-corrected chi connectivity index (χ0v) is 16.6. The van der Waals surface area contributed by atoms with Crippen LogP contribution in [-0.2, 0) is 6.18 Å². The van der Waals surface area contributed by atoms with E-state index in [1.165, 1.54) is 23.0 Å². The Labute approximate surface area is 167 Å². The molecule has 7 heteroatoms. The highest BCUT2D eigenvalue weighted by molar-refractivity contribution is 6.05. The minimum absolute atomic E-state index is 0.221. The lowest BCUT2D eigenvalue weighted by Crippen LogP contribution is -2.16. The van der Waals surface area contributed by atoms with Gasteiger partial charge in [0.2, 0.25) is 0 Å². The highest BCUT2D eigenvalue weighted by Gasteiger charge is 2.30. The number of hydrogen-bond donors (Lipinski definition) is 1. The summed E-state index contributed by atoms with van der Waals surface area (Å²) in [5.41, 5.74) is 2.95. The third-order valence-electron chi connectivity index (χ3n) is 4.84.